The van der Waals surface area contributed by atoms with Crippen LogP contribution in [0.2, 0.25) is 5.02 Å². The molecule has 28 heavy (non-hydrogen) atoms. The minimum atomic E-state index is -0.302. The Morgan fingerprint density at radius 3 is 2.75 bits per heavy atom. The first-order valence-electron chi connectivity index (χ1n) is 8.67. The van der Waals surface area contributed by atoms with Gasteiger partial charge in [0.05, 0.1) is 48.6 Å². The first-order valence-corrected chi connectivity index (χ1v) is 9.05. The van der Waals surface area contributed by atoms with Crippen LogP contribution in [0.15, 0.2) is 36.4 Å². The number of ether oxygens (including phenoxy) is 3. The van der Waals surface area contributed by atoms with Crippen LogP contribution in [0.3, 0.4) is 0 Å². The number of methoxy groups -OCH3 is 1. The van der Waals surface area contributed by atoms with Crippen molar-refractivity contribution < 1.29 is 19.0 Å². The number of hydrogen-bond acceptors (Lipinski definition) is 6. The highest BCUT2D eigenvalue weighted by Crippen LogP contribution is 2.25. The Labute approximate surface area is 168 Å². The van der Waals surface area contributed by atoms with Gasteiger partial charge in [0.2, 0.25) is 0 Å². The molecule has 0 atom stereocenters. The van der Waals surface area contributed by atoms with Gasteiger partial charge in [0, 0.05) is 12.2 Å². The van der Waals surface area contributed by atoms with Crippen molar-refractivity contribution in [2.75, 3.05) is 32.4 Å². The minimum absolute atomic E-state index is 0.0753. The van der Waals surface area contributed by atoms with Gasteiger partial charge in [-0.2, -0.15) is 5.26 Å². The van der Waals surface area contributed by atoms with Crippen LogP contribution in [0, 0.1) is 11.3 Å². The monoisotopic (exact) mass is 401 g/mol. The third kappa shape index (κ3) is 4.93. The molecule has 0 aromatic heterocycles. The molecule has 2 N–H and O–H groups in total. The van der Waals surface area contributed by atoms with E-state index < -0.39 is 0 Å². The summed E-state index contributed by atoms with van der Waals surface area (Å²) in [5, 5.41) is 15.8. The highest BCUT2D eigenvalue weighted by Gasteiger charge is 2.18. The highest BCUT2D eigenvalue weighted by molar-refractivity contribution is 6.32. The summed E-state index contributed by atoms with van der Waals surface area (Å²) in [5.74, 6) is 0.269. The number of nitrogens with one attached hydrogen (secondary N) is 2. The average molecular weight is 402 g/mol. The van der Waals surface area contributed by atoms with Crippen molar-refractivity contribution >= 4 is 23.2 Å². The SMILES string of the molecule is COc1ccc(CNC(=O)c2cc(C#N)ccc2NC2COCOC2)cc1Cl. The van der Waals surface area contributed by atoms with Crippen LogP contribution in [0.4, 0.5) is 5.69 Å². The number of nitriles is 1. The number of carbonyl (C=O) groups is 1. The van der Waals surface area contributed by atoms with Crippen LogP contribution in [0.1, 0.15) is 21.5 Å². The fourth-order valence-electron chi connectivity index (χ4n) is 2.82. The lowest BCUT2D eigenvalue weighted by Crippen LogP contribution is -2.36. The molecule has 0 unspecified atom stereocenters. The van der Waals surface area contributed by atoms with Gasteiger partial charge in [-0.25, -0.2) is 0 Å². The van der Waals surface area contributed by atoms with E-state index in [1.54, 1.807) is 37.4 Å². The van der Waals surface area contributed by atoms with Crippen LogP contribution >= 0.6 is 11.6 Å². The van der Waals surface area contributed by atoms with Gasteiger partial charge in [0.1, 0.15) is 12.5 Å². The number of rotatable bonds is 6. The molecule has 2 aromatic carbocycles. The second kappa shape index (κ2) is 9.42. The maximum Gasteiger partial charge on any atom is 0.253 e. The molecule has 0 saturated carbocycles. The number of carbonyl (C=O) groups excluding carboxylic acids is 1. The van der Waals surface area contributed by atoms with Gasteiger partial charge in [-0.05, 0) is 35.9 Å². The normalized spacial score (nSPS) is 14.2. The van der Waals surface area contributed by atoms with Gasteiger partial charge in [-0.1, -0.05) is 17.7 Å². The molecule has 0 aliphatic carbocycles. The van der Waals surface area contributed by atoms with E-state index in [9.17, 15) is 10.1 Å². The Bertz CT molecular complexity index is 892. The predicted octanol–water partition coefficient (Wildman–Crippen LogP) is 2.94. The summed E-state index contributed by atoms with van der Waals surface area (Å²) in [4.78, 5) is 12.8. The number of nitrogens with zero attached hydrogens (tertiary/aromatic N) is 1. The molecule has 0 spiro atoms. The molecule has 8 heteroatoms. The molecule has 146 valence electrons. The molecular formula is C20H20ClN3O4. The van der Waals surface area contributed by atoms with E-state index in [1.165, 1.54) is 0 Å². The van der Waals surface area contributed by atoms with E-state index in [4.69, 9.17) is 25.8 Å². The highest BCUT2D eigenvalue weighted by atomic mass is 35.5. The van der Waals surface area contributed by atoms with E-state index in [-0.39, 0.29) is 25.3 Å². The summed E-state index contributed by atoms with van der Waals surface area (Å²) in [5.41, 5.74) is 2.23. The largest absolute Gasteiger partial charge is 0.495 e. The minimum Gasteiger partial charge on any atom is -0.495 e. The molecule has 0 radical (unpaired) electrons. The summed E-state index contributed by atoms with van der Waals surface area (Å²) >= 11 is 6.13. The van der Waals surface area contributed by atoms with Crippen molar-refractivity contribution in [1.82, 2.24) is 5.32 Å². The Morgan fingerprint density at radius 1 is 1.29 bits per heavy atom. The zero-order chi connectivity index (χ0) is 19.9. The second-order valence-electron chi connectivity index (χ2n) is 6.22. The number of hydrogen-bond donors (Lipinski definition) is 2. The van der Waals surface area contributed by atoms with Crippen LogP contribution in [-0.2, 0) is 16.0 Å². The molecule has 1 amide bonds. The Kier molecular flexibility index (Phi) is 6.71. The molecule has 2 aromatic rings. The topological polar surface area (TPSA) is 92.6 Å². The molecule has 1 aliphatic heterocycles. The molecule has 1 heterocycles. The van der Waals surface area contributed by atoms with Gasteiger partial charge in [-0.3, -0.25) is 4.79 Å². The first kappa shape index (κ1) is 20.0. The number of amides is 1. The standard InChI is InChI=1S/C20H20ClN3O4/c1-26-19-5-3-14(7-17(19)21)9-23-20(25)16-6-13(8-22)2-4-18(16)24-15-10-27-12-28-11-15/h2-7,15,24H,9-12H2,1H3,(H,23,25). The van der Waals surface area contributed by atoms with E-state index in [0.29, 0.717) is 40.8 Å². The lowest BCUT2D eigenvalue weighted by Gasteiger charge is -2.25. The summed E-state index contributed by atoms with van der Waals surface area (Å²) in [6.07, 6.45) is 0. The Balaban J connectivity index is 1.73. The number of benzene rings is 2. The quantitative estimate of drug-likeness (QED) is 0.773. The van der Waals surface area contributed by atoms with Crippen LogP contribution in [-0.4, -0.2) is 39.1 Å². The third-order valence-electron chi connectivity index (χ3n) is 4.23. The third-order valence-corrected chi connectivity index (χ3v) is 4.52. The van der Waals surface area contributed by atoms with Gasteiger partial charge >= 0.3 is 0 Å². The average Bonchev–Trinajstić information content (AvgIpc) is 2.73. The lowest BCUT2D eigenvalue weighted by atomic mass is 10.1. The molecule has 7 nitrogen and oxygen atoms in total. The van der Waals surface area contributed by atoms with Gasteiger partial charge in [0.25, 0.3) is 5.91 Å². The zero-order valence-electron chi connectivity index (χ0n) is 15.3. The zero-order valence-corrected chi connectivity index (χ0v) is 16.1. The predicted molar refractivity (Wildman–Crippen MR) is 105 cm³/mol. The first-order chi connectivity index (χ1) is 13.6. The van der Waals surface area contributed by atoms with Crippen molar-refractivity contribution in [3.05, 3.63) is 58.1 Å². The molecule has 3 rings (SSSR count). The van der Waals surface area contributed by atoms with Crippen molar-refractivity contribution in [3.8, 4) is 11.8 Å². The molecular weight excluding hydrogens is 382 g/mol. The van der Waals surface area contributed by atoms with Gasteiger partial charge < -0.3 is 24.8 Å². The van der Waals surface area contributed by atoms with E-state index in [0.717, 1.165) is 5.56 Å². The van der Waals surface area contributed by atoms with Gasteiger partial charge in [0.15, 0.2) is 0 Å². The maximum atomic E-state index is 12.8. The molecule has 0 bridgehead atoms. The fraction of sp³-hybridized carbons (Fsp3) is 0.300. The smallest absolute Gasteiger partial charge is 0.253 e. The number of halogens is 1. The Hall–Kier alpha value is -2.79. The van der Waals surface area contributed by atoms with E-state index >= 15 is 0 Å². The van der Waals surface area contributed by atoms with Crippen molar-refractivity contribution in [1.29, 1.82) is 5.26 Å². The van der Waals surface area contributed by atoms with Crippen molar-refractivity contribution in [3.63, 3.8) is 0 Å². The van der Waals surface area contributed by atoms with E-state index in [2.05, 4.69) is 16.7 Å². The van der Waals surface area contributed by atoms with Crippen LogP contribution < -0.4 is 15.4 Å². The Morgan fingerprint density at radius 2 is 2.07 bits per heavy atom. The van der Waals surface area contributed by atoms with Crippen LogP contribution in [0.25, 0.3) is 0 Å². The molecule has 1 aliphatic rings. The lowest BCUT2D eigenvalue weighted by molar-refractivity contribution is -0.102. The second-order valence-corrected chi connectivity index (χ2v) is 6.63. The summed E-state index contributed by atoms with van der Waals surface area (Å²) in [6.45, 7) is 1.51. The van der Waals surface area contributed by atoms with Crippen molar-refractivity contribution in [2.24, 2.45) is 0 Å². The molecule has 1 fully saturated rings. The summed E-state index contributed by atoms with van der Waals surface area (Å²) in [6, 6.07) is 12.2. The van der Waals surface area contributed by atoms with Crippen LogP contribution in [0.5, 0.6) is 5.75 Å². The maximum absolute atomic E-state index is 12.8. The molecule has 1 saturated heterocycles. The fourth-order valence-corrected chi connectivity index (χ4v) is 3.10. The van der Waals surface area contributed by atoms with E-state index in [1.807, 2.05) is 6.07 Å². The summed E-state index contributed by atoms with van der Waals surface area (Å²) < 4.78 is 15.7. The van der Waals surface area contributed by atoms with Crippen molar-refractivity contribution in [2.45, 2.75) is 12.6 Å². The number of anilines is 1. The van der Waals surface area contributed by atoms with Gasteiger partial charge in [-0.15, -0.1) is 0 Å². The summed E-state index contributed by atoms with van der Waals surface area (Å²) in [7, 11) is 1.54.